The maximum atomic E-state index is 12.9. The SMILES string of the molecule is COc1ccccc1Nc1ncccc1C(=O)Nc1ccc(Cn2cccn2)cc1. The van der Waals surface area contributed by atoms with Crippen molar-refractivity contribution < 1.29 is 9.53 Å². The molecule has 2 aromatic heterocycles. The smallest absolute Gasteiger partial charge is 0.259 e. The van der Waals surface area contributed by atoms with Gasteiger partial charge in [0.2, 0.25) is 0 Å². The first-order chi connectivity index (χ1) is 14.7. The van der Waals surface area contributed by atoms with Crippen LogP contribution in [0.4, 0.5) is 17.2 Å². The largest absolute Gasteiger partial charge is 0.495 e. The molecule has 0 unspecified atom stereocenters. The number of amides is 1. The number of carbonyl (C=O) groups excluding carboxylic acids is 1. The maximum Gasteiger partial charge on any atom is 0.259 e. The Labute approximate surface area is 174 Å². The number of ether oxygens (including phenoxy) is 1. The molecule has 2 aromatic carbocycles. The highest BCUT2D eigenvalue weighted by molar-refractivity contribution is 6.07. The second-order valence-corrected chi connectivity index (χ2v) is 6.58. The van der Waals surface area contributed by atoms with Crippen molar-refractivity contribution in [3.8, 4) is 5.75 Å². The highest BCUT2D eigenvalue weighted by Gasteiger charge is 2.14. The van der Waals surface area contributed by atoms with E-state index in [1.165, 1.54) is 0 Å². The molecule has 0 saturated heterocycles. The van der Waals surface area contributed by atoms with Crippen LogP contribution >= 0.6 is 0 Å². The Morgan fingerprint density at radius 2 is 1.83 bits per heavy atom. The molecule has 7 heteroatoms. The monoisotopic (exact) mass is 399 g/mol. The van der Waals surface area contributed by atoms with Gasteiger partial charge in [-0.1, -0.05) is 24.3 Å². The molecule has 2 heterocycles. The van der Waals surface area contributed by atoms with Crippen LogP contribution in [0.2, 0.25) is 0 Å². The fourth-order valence-corrected chi connectivity index (χ4v) is 3.04. The van der Waals surface area contributed by atoms with Gasteiger partial charge >= 0.3 is 0 Å². The lowest BCUT2D eigenvalue weighted by Crippen LogP contribution is -2.15. The van der Waals surface area contributed by atoms with E-state index in [2.05, 4.69) is 20.7 Å². The second kappa shape index (κ2) is 8.91. The minimum Gasteiger partial charge on any atom is -0.495 e. The quantitative estimate of drug-likeness (QED) is 0.483. The van der Waals surface area contributed by atoms with Crippen molar-refractivity contribution >= 4 is 23.1 Å². The summed E-state index contributed by atoms with van der Waals surface area (Å²) in [6.07, 6.45) is 5.30. The minimum absolute atomic E-state index is 0.250. The predicted octanol–water partition coefficient (Wildman–Crippen LogP) is 4.33. The van der Waals surface area contributed by atoms with Crippen molar-refractivity contribution in [1.29, 1.82) is 0 Å². The van der Waals surface area contributed by atoms with Gasteiger partial charge in [-0.2, -0.15) is 5.10 Å². The zero-order valence-corrected chi connectivity index (χ0v) is 16.4. The highest BCUT2D eigenvalue weighted by Crippen LogP contribution is 2.27. The van der Waals surface area contributed by atoms with Crippen molar-refractivity contribution in [2.24, 2.45) is 0 Å². The number of nitrogens with one attached hydrogen (secondary N) is 2. The molecular weight excluding hydrogens is 378 g/mol. The first-order valence-corrected chi connectivity index (χ1v) is 9.46. The number of para-hydroxylation sites is 2. The van der Waals surface area contributed by atoms with Crippen LogP contribution in [0, 0.1) is 0 Å². The van der Waals surface area contributed by atoms with E-state index in [9.17, 15) is 4.79 Å². The summed E-state index contributed by atoms with van der Waals surface area (Å²) in [4.78, 5) is 17.2. The van der Waals surface area contributed by atoms with Gasteiger partial charge in [0.15, 0.2) is 0 Å². The number of hydrogen-bond acceptors (Lipinski definition) is 5. The zero-order chi connectivity index (χ0) is 20.8. The van der Waals surface area contributed by atoms with E-state index in [-0.39, 0.29) is 5.91 Å². The normalized spacial score (nSPS) is 10.4. The zero-order valence-electron chi connectivity index (χ0n) is 16.4. The van der Waals surface area contributed by atoms with Crippen LogP contribution in [0.15, 0.2) is 85.3 Å². The van der Waals surface area contributed by atoms with Gasteiger partial charge in [-0.3, -0.25) is 9.48 Å². The Morgan fingerprint density at radius 1 is 1.00 bits per heavy atom. The first-order valence-electron chi connectivity index (χ1n) is 9.46. The number of hydrogen-bond donors (Lipinski definition) is 2. The van der Waals surface area contributed by atoms with Crippen LogP contribution < -0.4 is 15.4 Å². The van der Waals surface area contributed by atoms with Gasteiger partial charge in [0, 0.05) is 24.3 Å². The third-order valence-electron chi connectivity index (χ3n) is 4.53. The van der Waals surface area contributed by atoms with Crippen molar-refractivity contribution in [3.63, 3.8) is 0 Å². The molecular formula is C23H21N5O2. The summed E-state index contributed by atoms with van der Waals surface area (Å²) >= 11 is 0. The van der Waals surface area contributed by atoms with Crippen molar-refractivity contribution in [3.05, 3.63) is 96.4 Å². The molecule has 0 radical (unpaired) electrons. The summed E-state index contributed by atoms with van der Waals surface area (Å²) in [6.45, 7) is 0.677. The second-order valence-electron chi connectivity index (χ2n) is 6.58. The molecule has 30 heavy (non-hydrogen) atoms. The molecule has 0 bridgehead atoms. The van der Waals surface area contributed by atoms with Gasteiger partial charge in [0.25, 0.3) is 5.91 Å². The number of benzene rings is 2. The minimum atomic E-state index is -0.250. The van der Waals surface area contributed by atoms with Gasteiger partial charge in [0.1, 0.15) is 11.6 Å². The molecule has 2 N–H and O–H groups in total. The molecule has 0 atom stereocenters. The van der Waals surface area contributed by atoms with E-state index in [1.807, 2.05) is 65.5 Å². The van der Waals surface area contributed by atoms with Crippen LogP contribution in [0.1, 0.15) is 15.9 Å². The molecule has 0 aliphatic rings. The lowest BCUT2D eigenvalue weighted by atomic mass is 10.2. The maximum absolute atomic E-state index is 12.9. The average molecular weight is 399 g/mol. The van der Waals surface area contributed by atoms with Crippen LogP contribution in [0.25, 0.3) is 0 Å². The van der Waals surface area contributed by atoms with Gasteiger partial charge in [-0.15, -0.1) is 0 Å². The standard InChI is InChI=1S/C23H21N5O2/c1-30-21-8-3-2-7-20(21)27-22-19(6-4-13-24-22)23(29)26-18-11-9-17(10-12-18)16-28-15-5-14-25-28/h2-15H,16H2,1H3,(H,24,27)(H,26,29). The summed E-state index contributed by atoms with van der Waals surface area (Å²) < 4.78 is 7.21. The summed E-state index contributed by atoms with van der Waals surface area (Å²) in [7, 11) is 1.60. The average Bonchev–Trinajstić information content (AvgIpc) is 3.29. The molecule has 150 valence electrons. The summed E-state index contributed by atoms with van der Waals surface area (Å²) in [5.74, 6) is 0.873. The fraction of sp³-hybridized carbons (Fsp3) is 0.0870. The Hall–Kier alpha value is -4.13. The van der Waals surface area contributed by atoms with E-state index in [4.69, 9.17) is 4.74 Å². The first kappa shape index (κ1) is 19.2. The number of aromatic nitrogens is 3. The predicted molar refractivity (Wildman–Crippen MR) is 116 cm³/mol. The lowest BCUT2D eigenvalue weighted by Gasteiger charge is -2.13. The van der Waals surface area contributed by atoms with Crippen LogP contribution in [-0.2, 0) is 6.54 Å². The molecule has 0 aliphatic carbocycles. The fourth-order valence-electron chi connectivity index (χ4n) is 3.04. The van der Waals surface area contributed by atoms with E-state index in [0.717, 1.165) is 11.3 Å². The van der Waals surface area contributed by atoms with Crippen molar-refractivity contribution in [2.45, 2.75) is 6.54 Å². The Bertz CT molecular complexity index is 1120. The molecule has 0 saturated carbocycles. The van der Waals surface area contributed by atoms with Gasteiger partial charge in [-0.05, 0) is 48.0 Å². The van der Waals surface area contributed by atoms with E-state index >= 15 is 0 Å². The van der Waals surface area contributed by atoms with E-state index in [0.29, 0.717) is 29.4 Å². The number of carbonyl (C=O) groups is 1. The van der Waals surface area contributed by atoms with Crippen molar-refractivity contribution in [2.75, 3.05) is 17.7 Å². The van der Waals surface area contributed by atoms with Crippen LogP contribution in [0.5, 0.6) is 5.75 Å². The Morgan fingerprint density at radius 3 is 2.60 bits per heavy atom. The van der Waals surface area contributed by atoms with Crippen LogP contribution in [-0.4, -0.2) is 27.8 Å². The van der Waals surface area contributed by atoms with Gasteiger partial charge in [0.05, 0.1) is 24.9 Å². The number of anilines is 3. The molecule has 4 rings (SSSR count). The third-order valence-corrected chi connectivity index (χ3v) is 4.53. The molecule has 0 aliphatic heterocycles. The Kier molecular flexibility index (Phi) is 5.70. The highest BCUT2D eigenvalue weighted by atomic mass is 16.5. The number of nitrogens with zero attached hydrogens (tertiary/aromatic N) is 3. The lowest BCUT2D eigenvalue weighted by molar-refractivity contribution is 0.102. The summed E-state index contributed by atoms with van der Waals surface area (Å²) in [5.41, 5.74) is 2.97. The third kappa shape index (κ3) is 4.47. The molecule has 7 nitrogen and oxygen atoms in total. The van der Waals surface area contributed by atoms with E-state index < -0.39 is 0 Å². The summed E-state index contributed by atoms with van der Waals surface area (Å²) in [5, 5.41) is 10.3. The number of pyridine rings is 1. The number of rotatable bonds is 7. The molecule has 4 aromatic rings. The molecule has 0 spiro atoms. The Balaban J connectivity index is 1.48. The number of methoxy groups -OCH3 is 1. The van der Waals surface area contributed by atoms with Gasteiger partial charge in [-0.25, -0.2) is 4.98 Å². The molecule has 1 amide bonds. The topological polar surface area (TPSA) is 81.1 Å². The molecule has 0 fully saturated rings. The van der Waals surface area contributed by atoms with Gasteiger partial charge < -0.3 is 15.4 Å². The van der Waals surface area contributed by atoms with Crippen molar-refractivity contribution in [1.82, 2.24) is 14.8 Å². The summed E-state index contributed by atoms with van der Waals surface area (Å²) in [6, 6.07) is 20.5. The van der Waals surface area contributed by atoms with Crippen LogP contribution in [0.3, 0.4) is 0 Å². The van der Waals surface area contributed by atoms with E-state index in [1.54, 1.807) is 31.6 Å².